The molecule has 0 unspecified atom stereocenters. The summed E-state index contributed by atoms with van der Waals surface area (Å²) in [6.45, 7) is 2.95. The first-order valence-corrected chi connectivity index (χ1v) is 10.5. The number of furan rings is 1. The van der Waals surface area contributed by atoms with Gasteiger partial charge < -0.3 is 14.3 Å². The predicted octanol–water partition coefficient (Wildman–Crippen LogP) is 3.94. The molecule has 5 rings (SSSR count). The fourth-order valence-corrected chi connectivity index (χ4v) is 4.83. The molecule has 1 aliphatic rings. The molecule has 1 fully saturated rings. The van der Waals surface area contributed by atoms with Crippen molar-refractivity contribution in [2.24, 2.45) is 0 Å². The highest BCUT2D eigenvalue weighted by Gasteiger charge is 2.30. The Bertz CT molecular complexity index is 1080. The van der Waals surface area contributed by atoms with Gasteiger partial charge in [0.15, 0.2) is 5.76 Å². The van der Waals surface area contributed by atoms with Crippen molar-refractivity contribution >= 4 is 32.2 Å². The Kier molecular flexibility index (Phi) is 4.67. The minimum atomic E-state index is -0.0856. The summed E-state index contributed by atoms with van der Waals surface area (Å²) in [6.07, 6.45) is 1.58. The molecular formula is C19H17BrN4O3S. The van der Waals surface area contributed by atoms with E-state index in [2.05, 4.69) is 43.0 Å². The monoisotopic (exact) mass is 460 g/mol. The van der Waals surface area contributed by atoms with Crippen LogP contribution < -0.4 is 0 Å². The lowest BCUT2D eigenvalue weighted by molar-refractivity contribution is 0.0241. The quantitative estimate of drug-likeness (QED) is 0.496. The number of hydrogen-bond donors (Lipinski definition) is 1. The fraction of sp³-hybridized carbons (Fsp3) is 0.263. The van der Waals surface area contributed by atoms with Crippen molar-refractivity contribution in [2.75, 3.05) is 26.3 Å². The Balaban J connectivity index is 1.59. The van der Waals surface area contributed by atoms with Crippen LogP contribution in [0.4, 0.5) is 0 Å². The second-order valence-corrected chi connectivity index (χ2v) is 8.42. The van der Waals surface area contributed by atoms with Gasteiger partial charge in [0.1, 0.15) is 0 Å². The molecule has 4 heterocycles. The third kappa shape index (κ3) is 3.14. The van der Waals surface area contributed by atoms with Crippen LogP contribution in [-0.2, 0) is 4.74 Å². The molecule has 0 saturated carbocycles. The van der Waals surface area contributed by atoms with Crippen molar-refractivity contribution in [3.8, 4) is 17.5 Å². The van der Waals surface area contributed by atoms with Crippen LogP contribution >= 0.6 is 27.3 Å². The van der Waals surface area contributed by atoms with Crippen LogP contribution in [0.5, 0.6) is 5.88 Å². The molecule has 0 radical (unpaired) electrons. The lowest BCUT2D eigenvalue weighted by Crippen LogP contribution is -2.39. The highest BCUT2D eigenvalue weighted by Crippen LogP contribution is 2.40. The number of hydrogen-bond acceptors (Lipinski definition) is 7. The van der Waals surface area contributed by atoms with Crippen LogP contribution in [0, 0.1) is 0 Å². The smallest absolute Gasteiger partial charge is 0.230 e. The summed E-state index contributed by atoms with van der Waals surface area (Å²) in [5.74, 6) is 1.16. The fourth-order valence-electron chi connectivity index (χ4n) is 3.45. The molecule has 0 spiro atoms. The van der Waals surface area contributed by atoms with Gasteiger partial charge in [0, 0.05) is 17.6 Å². The van der Waals surface area contributed by atoms with Crippen LogP contribution in [-0.4, -0.2) is 50.9 Å². The van der Waals surface area contributed by atoms with Gasteiger partial charge in [-0.05, 0) is 29.8 Å². The van der Waals surface area contributed by atoms with Crippen molar-refractivity contribution in [3.05, 3.63) is 57.6 Å². The molecule has 9 heteroatoms. The number of rotatable bonds is 4. The molecule has 144 valence electrons. The summed E-state index contributed by atoms with van der Waals surface area (Å²) in [7, 11) is 0. The summed E-state index contributed by atoms with van der Waals surface area (Å²) in [4.78, 5) is 8.32. The van der Waals surface area contributed by atoms with Gasteiger partial charge >= 0.3 is 0 Å². The van der Waals surface area contributed by atoms with Crippen molar-refractivity contribution < 1.29 is 14.3 Å². The number of nitrogens with zero attached hydrogens (tertiary/aromatic N) is 4. The normalized spacial score (nSPS) is 16.6. The molecule has 7 nitrogen and oxygen atoms in total. The number of fused-ring (bicyclic) bond motifs is 1. The summed E-state index contributed by atoms with van der Waals surface area (Å²) in [5, 5.41) is 15.4. The molecule has 1 N–H and O–H groups in total. The zero-order valence-corrected chi connectivity index (χ0v) is 17.2. The molecule has 0 aliphatic carbocycles. The molecule has 0 amide bonds. The van der Waals surface area contributed by atoms with E-state index in [0.29, 0.717) is 29.8 Å². The highest BCUT2D eigenvalue weighted by atomic mass is 79.9. The first-order chi connectivity index (χ1) is 13.7. The van der Waals surface area contributed by atoms with Crippen molar-refractivity contribution in [3.63, 3.8) is 0 Å². The Hall–Kier alpha value is -2.20. The van der Waals surface area contributed by atoms with Crippen molar-refractivity contribution in [2.45, 2.75) is 6.04 Å². The maximum Gasteiger partial charge on any atom is 0.230 e. The van der Waals surface area contributed by atoms with E-state index in [1.54, 1.807) is 18.4 Å². The van der Waals surface area contributed by atoms with E-state index in [0.717, 1.165) is 28.0 Å². The van der Waals surface area contributed by atoms with E-state index in [1.165, 1.54) is 15.9 Å². The van der Waals surface area contributed by atoms with E-state index in [1.807, 2.05) is 12.1 Å². The van der Waals surface area contributed by atoms with E-state index < -0.39 is 0 Å². The van der Waals surface area contributed by atoms with E-state index in [4.69, 9.17) is 9.15 Å². The average Bonchev–Trinajstić information content (AvgIpc) is 3.43. The van der Waals surface area contributed by atoms with Crippen LogP contribution in [0.3, 0.4) is 0 Å². The van der Waals surface area contributed by atoms with Crippen LogP contribution in [0.25, 0.3) is 16.5 Å². The average molecular weight is 461 g/mol. The summed E-state index contributed by atoms with van der Waals surface area (Å²) >= 11 is 4.94. The molecule has 1 aromatic carbocycles. The molecule has 28 heavy (non-hydrogen) atoms. The van der Waals surface area contributed by atoms with Gasteiger partial charge in [0.05, 0.1) is 30.4 Å². The number of ether oxygens (including phenoxy) is 1. The second-order valence-electron chi connectivity index (χ2n) is 6.50. The third-order valence-electron chi connectivity index (χ3n) is 4.79. The molecule has 1 aliphatic heterocycles. The van der Waals surface area contributed by atoms with E-state index in [-0.39, 0.29) is 11.9 Å². The molecule has 4 aromatic rings. The van der Waals surface area contributed by atoms with Gasteiger partial charge in [-0.1, -0.05) is 39.4 Å². The number of benzene rings is 1. The zero-order chi connectivity index (χ0) is 19.1. The SMILES string of the molecule is Oc1c([C@H](c2ccc(Br)cc2)N2CCOCC2)sc2nc(-c3ccco3)nn12. The first-order valence-electron chi connectivity index (χ1n) is 8.90. The summed E-state index contributed by atoms with van der Waals surface area (Å²) in [6, 6.07) is 11.7. The maximum absolute atomic E-state index is 11.0. The number of morpholine rings is 1. The van der Waals surface area contributed by atoms with Gasteiger partial charge in [-0.2, -0.15) is 9.50 Å². The Morgan fingerprint density at radius 2 is 1.93 bits per heavy atom. The van der Waals surface area contributed by atoms with Gasteiger partial charge in [-0.25, -0.2) is 0 Å². The zero-order valence-electron chi connectivity index (χ0n) is 14.8. The number of aromatic nitrogens is 3. The molecular weight excluding hydrogens is 444 g/mol. The van der Waals surface area contributed by atoms with Crippen LogP contribution in [0.1, 0.15) is 16.5 Å². The van der Waals surface area contributed by atoms with Gasteiger partial charge in [-0.15, -0.1) is 5.10 Å². The number of halogens is 1. The molecule has 1 atom stereocenters. The van der Waals surface area contributed by atoms with Crippen LogP contribution in [0.2, 0.25) is 0 Å². The number of thiazole rings is 1. The van der Waals surface area contributed by atoms with Gasteiger partial charge in [-0.3, -0.25) is 4.90 Å². The standard InChI is InChI=1S/C19H17BrN4O3S/c20-13-5-3-12(4-6-13)15(23-7-10-26-11-8-23)16-18(25)24-19(28-16)21-17(22-24)14-2-1-9-27-14/h1-6,9,15,25H,7-8,10-11H2/t15-/m0/s1. The second kappa shape index (κ2) is 7.32. The highest BCUT2D eigenvalue weighted by molar-refractivity contribution is 9.10. The van der Waals surface area contributed by atoms with Gasteiger partial charge in [0.2, 0.25) is 16.7 Å². The number of aromatic hydroxyl groups is 1. The maximum atomic E-state index is 11.0. The minimum Gasteiger partial charge on any atom is -0.492 e. The molecule has 1 saturated heterocycles. The minimum absolute atomic E-state index is 0.0856. The Morgan fingerprint density at radius 1 is 1.14 bits per heavy atom. The van der Waals surface area contributed by atoms with E-state index in [9.17, 15) is 5.11 Å². The topological polar surface area (TPSA) is 76.0 Å². The predicted molar refractivity (Wildman–Crippen MR) is 109 cm³/mol. The Labute approximate surface area is 173 Å². The van der Waals surface area contributed by atoms with Crippen molar-refractivity contribution in [1.29, 1.82) is 0 Å². The largest absolute Gasteiger partial charge is 0.492 e. The van der Waals surface area contributed by atoms with Gasteiger partial charge in [0.25, 0.3) is 0 Å². The first kappa shape index (κ1) is 17.9. The molecule has 3 aromatic heterocycles. The lowest BCUT2D eigenvalue weighted by Gasteiger charge is -2.34. The molecule has 0 bridgehead atoms. The lowest BCUT2D eigenvalue weighted by atomic mass is 10.0. The third-order valence-corrected chi connectivity index (χ3v) is 6.39. The summed E-state index contributed by atoms with van der Waals surface area (Å²) in [5.41, 5.74) is 1.11. The van der Waals surface area contributed by atoms with Crippen molar-refractivity contribution in [1.82, 2.24) is 19.5 Å². The van der Waals surface area contributed by atoms with E-state index >= 15 is 0 Å². The Morgan fingerprint density at radius 3 is 2.61 bits per heavy atom. The van der Waals surface area contributed by atoms with Crippen LogP contribution in [0.15, 0.2) is 51.6 Å². The summed E-state index contributed by atoms with van der Waals surface area (Å²) < 4.78 is 13.4.